The first-order valence-electron chi connectivity index (χ1n) is 6.28. The highest BCUT2D eigenvalue weighted by Gasteiger charge is 2.31. The van der Waals surface area contributed by atoms with E-state index in [0.29, 0.717) is 16.0 Å². The second-order valence-corrected chi connectivity index (χ2v) is 6.19. The molecule has 1 fully saturated rings. The zero-order valence-electron chi connectivity index (χ0n) is 10.5. The summed E-state index contributed by atoms with van der Waals surface area (Å²) < 4.78 is 0. The molecule has 2 heteroatoms. The molecule has 1 aromatic rings. The van der Waals surface area contributed by atoms with Gasteiger partial charge in [0.2, 0.25) is 0 Å². The summed E-state index contributed by atoms with van der Waals surface area (Å²) in [6, 6.07) is 7.38. The van der Waals surface area contributed by atoms with E-state index in [-0.39, 0.29) is 11.7 Å². The van der Waals surface area contributed by atoms with Gasteiger partial charge in [-0.3, -0.25) is 4.79 Å². The van der Waals surface area contributed by atoms with Gasteiger partial charge in [0.1, 0.15) is 0 Å². The fourth-order valence-electron chi connectivity index (χ4n) is 2.54. The SMILES string of the molecule is CC1(C)CCC(C(=O)c2ccccc2Cl)CC1. The minimum atomic E-state index is 0.169. The van der Waals surface area contributed by atoms with Crippen LogP contribution in [0.2, 0.25) is 5.02 Å². The first-order valence-corrected chi connectivity index (χ1v) is 6.66. The molecule has 0 radical (unpaired) electrons. The first-order chi connectivity index (χ1) is 7.99. The number of halogens is 1. The summed E-state index contributed by atoms with van der Waals surface area (Å²) in [6.45, 7) is 4.56. The van der Waals surface area contributed by atoms with Crippen LogP contribution in [0, 0.1) is 11.3 Å². The Balaban J connectivity index is 2.10. The predicted octanol–water partition coefficient (Wildman–Crippen LogP) is 4.74. The fraction of sp³-hybridized carbons (Fsp3) is 0.533. The monoisotopic (exact) mass is 250 g/mol. The summed E-state index contributed by atoms with van der Waals surface area (Å²) in [6.07, 6.45) is 4.26. The summed E-state index contributed by atoms with van der Waals surface area (Å²) in [4.78, 5) is 12.3. The van der Waals surface area contributed by atoms with E-state index in [1.807, 2.05) is 18.2 Å². The standard InChI is InChI=1S/C15H19ClO/c1-15(2)9-7-11(8-10-15)14(17)12-5-3-4-6-13(12)16/h3-6,11H,7-10H2,1-2H3. The van der Waals surface area contributed by atoms with Gasteiger partial charge in [-0.05, 0) is 43.2 Å². The number of carbonyl (C=O) groups is 1. The van der Waals surface area contributed by atoms with Gasteiger partial charge in [-0.15, -0.1) is 0 Å². The van der Waals surface area contributed by atoms with E-state index >= 15 is 0 Å². The third-order valence-electron chi connectivity index (χ3n) is 3.85. The summed E-state index contributed by atoms with van der Waals surface area (Å²) in [5.74, 6) is 0.397. The van der Waals surface area contributed by atoms with Gasteiger partial charge in [-0.2, -0.15) is 0 Å². The number of rotatable bonds is 2. The maximum atomic E-state index is 12.3. The molecule has 2 rings (SSSR count). The van der Waals surface area contributed by atoms with E-state index in [0.717, 1.165) is 25.7 Å². The Labute approximate surface area is 108 Å². The van der Waals surface area contributed by atoms with Crippen LogP contribution in [0.3, 0.4) is 0 Å². The van der Waals surface area contributed by atoms with Gasteiger partial charge in [0.15, 0.2) is 5.78 Å². The van der Waals surface area contributed by atoms with Crippen LogP contribution in [0.4, 0.5) is 0 Å². The van der Waals surface area contributed by atoms with Crippen molar-refractivity contribution in [3.63, 3.8) is 0 Å². The Morgan fingerprint density at radius 1 is 1.24 bits per heavy atom. The van der Waals surface area contributed by atoms with Crippen LogP contribution in [-0.2, 0) is 0 Å². The van der Waals surface area contributed by atoms with Gasteiger partial charge in [-0.25, -0.2) is 0 Å². The normalized spacial score (nSPS) is 20.2. The van der Waals surface area contributed by atoms with E-state index in [1.165, 1.54) is 0 Å². The minimum Gasteiger partial charge on any atom is -0.294 e. The quantitative estimate of drug-likeness (QED) is 0.693. The molecule has 0 aliphatic heterocycles. The maximum absolute atomic E-state index is 12.3. The van der Waals surface area contributed by atoms with Crippen LogP contribution >= 0.6 is 11.6 Å². The number of Topliss-reactive ketones (excluding diaryl/α,β-unsaturated/α-hetero) is 1. The molecule has 1 nitrogen and oxygen atoms in total. The lowest BCUT2D eigenvalue weighted by Gasteiger charge is -2.33. The van der Waals surface area contributed by atoms with Crippen molar-refractivity contribution in [3.05, 3.63) is 34.9 Å². The van der Waals surface area contributed by atoms with Gasteiger partial charge in [-0.1, -0.05) is 37.6 Å². The minimum absolute atomic E-state index is 0.169. The average molecular weight is 251 g/mol. The van der Waals surface area contributed by atoms with Crippen LogP contribution < -0.4 is 0 Å². The molecular formula is C15H19ClO. The van der Waals surface area contributed by atoms with Crippen LogP contribution in [0.25, 0.3) is 0 Å². The lowest BCUT2D eigenvalue weighted by Crippen LogP contribution is -2.26. The molecule has 0 atom stereocenters. The smallest absolute Gasteiger partial charge is 0.167 e. The summed E-state index contributed by atoms with van der Waals surface area (Å²) in [5.41, 5.74) is 1.09. The van der Waals surface area contributed by atoms with Crippen LogP contribution in [0.1, 0.15) is 49.9 Å². The number of hydrogen-bond acceptors (Lipinski definition) is 1. The lowest BCUT2D eigenvalue weighted by atomic mass is 9.71. The molecule has 0 heterocycles. The third kappa shape index (κ3) is 2.90. The average Bonchev–Trinajstić information content (AvgIpc) is 2.29. The van der Waals surface area contributed by atoms with Crippen molar-refractivity contribution < 1.29 is 4.79 Å². The number of carbonyl (C=O) groups excluding carboxylic acids is 1. The molecule has 1 aliphatic rings. The molecule has 1 aliphatic carbocycles. The summed E-state index contributed by atoms with van der Waals surface area (Å²) >= 11 is 6.07. The first kappa shape index (κ1) is 12.6. The Morgan fingerprint density at radius 3 is 2.41 bits per heavy atom. The van der Waals surface area contributed by atoms with Crippen molar-refractivity contribution in [2.75, 3.05) is 0 Å². The molecule has 0 aromatic heterocycles. The van der Waals surface area contributed by atoms with Crippen molar-refractivity contribution in [2.45, 2.75) is 39.5 Å². The Kier molecular flexibility index (Phi) is 3.58. The molecular weight excluding hydrogens is 232 g/mol. The highest BCUT2D eigenvalue weighted by molar-refractivity contribution is 6.34. The van der Waals surface area contributed by atoms with E-state index in [1.54, 1.807) is 6.07 Å². The molecule has 0 N–H and O–H groups in total. The van der Waals surface area contributed by atoms with Gasteiger partial charge >= 0.3 is 0 Å². The lowest BCUT2D eigenvalue weighted by molar-refractivity contribution is 0.0838. The Bertz CT molecular complexity index is 413. The topological polar surface area (TPSA) is 17.1 Å². The highest BCUT2D eigenvalue weighted by atomic mass is 35.5. The molecule has 1 aromatic carbocycles. The Hall–Kier alpha value is -0.820. The van der Waals surface area contributed by atoms with Crippen molar-refractivity contribution in [1.82, 2.24) is 0 Å². The Morgan fingerprint density at radius 2 is 1.82 bits per heavy atom. The molecule has 0 amide bonds. The highest BCUT2D eigenvalue weighted by Crippen LogP contribution is 2.39. The summed E-state index contributed by atoms with van der Waals surface area (Å²) in [5, 5.41) is 0.585. The van der Waals surface area contributed by atoms with E-state index < -0.39 is 0 Å². The zero-order valence-corrected chi connectivity index (χ0v) is 11.3. The van der Waals surface area contributed by atoms with E-state index in [9.17, 15) is 4.79 Å². The van der Waals surface area contributed by atoms with Crippen molar-refractivity contribution in [2.24, 2.45) is 11.3 Å². The van der Waals surface area contributed by atoms with Gasteiger partial charge in [0.25, 0.3) is 0 Å². The van der Waals surface area contributed by atoms with Crippen LogP contribution in [-0.4, -0.2) is 5.78 Å². The maximum Gasteiger partial charge on any atom is 0.167 e. The molecule has 17 heavy (non-hydrogen) atoms. The van der Waals surface area contributed by atoms with Crippen molar-refractivity contribution >= 4 is 17.4 Å². The molecule has 0 saturated heterocycles. The second-order valence-electron chi connectivity index (χ2n) is 5.78. The molecule has 1 saturated carbocycles. The number of benzene rings is 1. The second kappa shape index (κ2) is 4.81. The zero-order chi connectivity index (χ0) is 12.5. The molecule has 0 unspecified atom stereocenters. The van der Waals surface area contributed by atoms with Gasteiger partial charge in [0.05, 0.1) is 5.02 Å². The molecule has 0 spiro atoms. The van der Waals surface area contributed by atoms with Gasteiger partial charge in [0, 0.05) is 11.5 Å². The number of hydrogen-bond donors (Lipinski definition) is 0. The summed E-state index contributed by atoms with van der Waals surface area (Å²) in [7, 11) is 0. The van der Waals surface area contributed by atoms with Crippen LogP contribution in [0.5, 0.6) is 0 Å². The van der Waals surface area contributed by atoms with E-state index in [2.05, 4.69) is 13.8 Å². The predicted molar refractivity (Wildman–Crippen MR) is 71.5 cm³/mol. The van der Waals surface area contributed by atoms with Gasteiger partial charge < -0.3 is 0 Å². The third-order valence-corrected chi connectivity index (χ3v) is 4.18. The largest absolute Gasteiger partial charge is 0.294 e. The van der Waals surface area contributed by atoms with Crippen molar-refractivity contribution in [1.29, 1.82) is 0 Å². The molecule has 92 valence electrons. The fourth-order valence-corrected chi connectivity index (χ4v) is 2.77. The van der Waals surface area contributed by atoms with E-state index in [4.69, 9.17) is 11.6 Å². The number of ketones is 1. The molecule has 0 bridgehead atoms. The van der Waals surface area contributed by atoms with Crippen molar-refractivity contribution in [3.8, 4) is 0 Å². The van der Waals surface area contributed by atoms with Crippen LogP contribution in [0.15, 0.2) is 24.3 Å².